The molecule has 0 aliphatic rings. The largest absolute Gasteiger partial charge is 0.389 e. The van der Waals surface area contributed by atoms with Gasteiger partial charge >= 0.3 is 0 Å². The summed E-state index contributed by atoms with van der Waals surface area (Å²) in [6.45, 7) is 5.30. The van der Waals surface area contributed by atoms with Gasteiger partial charge in [0, 0.05) is 11.3 Å². The number of nitrogens with one attached hydrogen (secondary N) is 1. The molecule has 1 heterocycles. The second kappa shape index (κ2) is 4.19. The number of thioether (sulfide) groups is 1. The minimum Gasteiger partial charge on any atom is -0.389 e. The lowest BCUT2D eigenvalue weighted by Gasteiger charge is -2.21. The maximum Gasteiger partial charge on any atom is 0.184 e. The SMILES string of the molecule is CSC(C)(C)CNc1ncc(N)s1. The predicted molar refractivity (Wildman–Crippen MR) is 62.6 cm³/mol. The van der Waals surface area contributed by atoms with Crippen LogP contribution in [0.5, 0.6) is 0 Å². The maximum absolute atomic E-state index is 5.56. The fourth-order valence-corrected chi connectivity index (χ4v) is 1.52. The van der Waals surface area contributed by atoms with Crippen molar-refractivity contribution in [2.24, 2.45) is 0 Å². The average molecular weight is 217 g/mol. The summed E-state index contributed by atoms with van der Waals surface area (Å²) in [6, 6.07) is 0. The molecule has 0 unspecified atom stereocenters. The fraction of sp³-hybridized carbons (Fsp3) is 0.625. The van der Waals surface area contributed by atoms with Gasteiger partial charge in [-0.25, -0.2) is 4.98 Å². The highest BCUT2D eigenvalue weighted by Gasteiger charge is 2.15. The van der Waals surface area contributed by atoms with Crippen LogP contribution >= 0.6 is 23.1 Å². The molecule has 0 saturated heterocycles. The van der Waals surface area contributed by atoms with E-state index in [1.54, 1.807) is 6.20 Å². The Morgan fingerprint density at radius 2 is 2.38 bits per heavy atom. The quantitative estimate of drug-likeness (QED) is 0.812. The standard InChI is InChI=1S/C8H15N3S2/c1-8(2,12-3)5-11-7-10-4-6(9)13-7/h4H,5,9H2,1-3H3,(H,10,11). The van der Waals surface area contributed by atoms with E-state index in [1.807, 2.05) is 11.8 Å². The van der Waals surface area contributed by atoms with E-state index in [4.69, 9.17) is 5.73 Å². The Morgan fingerprint density at radius 3 is 2.85 bits per heavy atom. The van der Waals surface area contributed by atoms with Crippen molar-refractivity contribution < 1.29 is 0 Å². The van der Waals surface area contributed by atoms with Gasteiger partial charge < -0.3 is 11.1 Å². The number of anilines is 2. The van der Waals surface area contributed by atoms with Crippen LogP contribution in [0, 0.1) is 0 Å². The normalized spacial score (nSPS) is 11.6. The van der Waals surface area contributed by atoms with E-state index >= 15 is 0 Å². The van der Waals surface area contributed by atoms with Crippen LogP contribution < -0.4 is 11.1 Å². The van der Waals surface area contributed by atoms with Gasteiger partial charge in [-0.2, -0.15) is 11.8 Å². The molecule has 1 aromatic heterocycles. The molecule has 1 rings (SSSR count). The summed E-state index contributed by atoms with van der Waals surface area (Å²) in [4.78, 5) is 4.13. The molecule has 0 aliphatic carbocycles. The van der Waals surface area contributed by atoms with Crippen molar-refractivity contribution in [3.63, 3.8) is 0 Å². The molecule has 3 N–H and O–H groups in total. The van der Waals surface area contributed by atoms with E-state index in [0.717, 1.165) is 16.7 Å². The Kier molecular flexibility index (Phi) is 3.44. The molecule has 0 amide bonds. The second-order valence-corrected chi connectivity index (χ2v) is 5.96. The van der Waals surface area contributed by atoms with Crippen LogP contribution in [0.1, 0.15) is 13.8 Å². The van der Waals surface area contributed by atoms with Crippen molar-refractivity contribution in [3.05, 3.63) is 6.20 Å². The number of aromatic nitrogens is 1. The second-order valence-electron chi connectivity index (χ2n) is 3.39. The Labute approximate surface area is 87.1 Å². The first kappa shape index (κ1) is 10.7. The summed E-state index contributed by atoms with van der Waals surface area (Å²) < 4.78 is 0.237. The highest BCUT2D eigenvalue weighted by molar-refractivity contribution is 7.99. The molecule has 74 valence electrons. The van der Waals surface area contributed by atoms with Crippen molar-refractivity contribution in [1.29, 1.82) is 0 Å². The van der Waals surface area contributed by atoms with Gasteiger partial charge in [-0.05, 0) is 20.1 Å². The third-order valence-corrected chi connectivity index (χ3v) is 3.78. The highest BCUT2D eigenvalue weighted by Crippen LogP contribution is 2.24. The van der Waals surface area contributed by atoms with Crippen molar-refractivity contribution in [1.82, 2.24) is 4.98 Å². The molecule has 5 heteroatoms. The van der Waals surface area contributed by atoms with Crippen LogP contribution in [0.3, 0.4) is 0 Å². The average Bonchev–Trinajstić information content (AvgIpc) is 2.48. The molecule has 1 aromatic rings. The van der Waals surface area contributed by atoms with Crippen LogP contribution in [0.25, 0.3) is 0 Å². The Morgan fingerprint density at radius 1 is 1.69 bits per heavy atom. The molecule has 0 fully saturated rings. The number of thiazole rings is 1. The minimum absolute atomic E-state index is 0.237. The Bertz CT molecular complexity index is 270. The molecule has 3 nitrogen and oxygen atoms in total. The number of nitrogen functional groups attached to an aromatic ring is 1. The van der Waals surface area contributed by atoms with E-state index in [2.05, 4.69) is 30.4 Å². The summed E-state index contributed by atoms with van der Waals surface area (Å²) in [6.07, 6.45) is 3.79. The molecular weight excluding hydrogens is 202 g/mol. The Hall–Kier alpha value is -0.420. The summed E-state index contributed by atoms with van der Waals surface area (Å²) in [7, 11) is 0. The Balaban J connectivity index is 2.43. The van der Waals surface area contributed by atoms with Crippen LogP contribution in [0.4, 0.5) is 10.1 Å². The minimum atomic E-state index is 0.237. The summed E-state index contributed by atoms with van der Waals surface area (Å²) in [5.74, 6) is 0. The molecule has 0 radical (unpaired) electrons. The van der Waals surface area contributed by atoms with E-state index in [0.29, 0.717) is 0 Å². The zero-order valence-corrected chi connectivity index (χ0v) is 9.76. The topological polar surface area (TPSA) is 50.9 Å². The van der Waals surface area contributed by atoms with E-state index in [9.17, 15) is 0 Å². The third-order valence-electron chi connectivity index (χ3n) is 1.74. The molecule has 0 aromatic carbocycles. The monoisotopic (exact) mass is 217 g/mol. The van der Waals surface area contributed by atoms with E-state index < -0.39 is 0 Å². The maximum atomic E-state index is 5.56. The van der Waals surface area contributed by atoms with Crippen LogP contribution in [0.2, 0.25) is 0 Å². The molecule has 0 atom stereocenters. The van der Waals surface area contributed by atoms with Gasteiger partial charge in [0.1, 0.15) is 5.00 Å². The molecule has 13 heavy (non-hydrogen) atoms. The van der Waals surface area contributed by atoms with Crippen LogP contribution in [-0.2, 0) is 0 Å². The van der Waals surface area contributed by atoms with Crippen molar-refractivity contribution in [2.45, 2.75) is 18.6 Å². The van der Waals surface area contributed by atoms with E-state index in [1.165, 1.54) is 11.3 Å². The first-order valence-corrected chi connectivity index (χ1v) is 6.08. The van der Waals surface area contributed by atoms with Gasteiger partial charge in [0.05, 0.1) is 6.20 Å². The fourth-order valence-electron chi connectivity index (χ4n) is 0.729. The molecule has 0 saturated carbocycles. The number of hydrogen-bond donors (Lipinski definition) is 2. The number of hydrogen-bond acceptors (Lipinski definition) is 5. The van der Waals surface area contributed by atoms with Crippen LogP contribution in [0.15, 0.2) is 6.20 Å². The van der Waals surface area contributed by atoms with Crippen molar-refractivity contribution in [3.8, 4) is 0 Å². The van der Waals surface area contributed by atoms with Crippen molar-refractivity contribution >= 4 is 33.2 Å². The molecule has 0 spiro atoms. The first-order chi connectivity index (χ1) is 6.03. The number of nitrogens with two attached hydrogens (primary N) is 1. The zero-order valence-electron chi connectivity index (χ0n) is 8.13. The van der Waals surface area contributed by atoms with E-state index in [-0.39, 0.29) is 4.75 Å². The third kappa shape index (κ3) is 3.44. The van der Waals surface area contributed by atoms with Gasteiger partial charge in [0.2, 0.25) is 0 Å². The van der Waals surface area contributed by atoms with Gasteiger partial charge in [-0.15, -0.1) is 0 Å². The van der Waals surface area contributed by atoms with Gasteiger partial charge in [-0.1, -0.05) is 11.3 Å². The van der Waals surface area contributed by atoms with Gasteiger partial charge in [0.15, 0.2) is 5.13 Å². The van der Waals surface area contributed by atoms with Crippen molar-refractivity contribution in [2.75, 3.05) is 23.9 Å². The summed E-state index contributed by atoms with van der Waals surface area (Å²) in [5.41, 5.74) is 5.56. The summed E-state index contributed by atoms with van der Waals surface area (Å²) in [5, 5.41) is 4.92. The number of rotatable bonds is 4. The molecular formula is C8H15N3S2. The lowest BCUT2D eigenvalue weighted by atomic mass is 10.2. The van der Waals surface area contributed by atoms with Crippen LogP contribution in [-0.4, -0.2) is 22.5 Å². The lowest BCUT2D eigenvalue weighted by molar-refractivity contribution is 0.752. The lowest BCUT2D eigenvalue weighted by Crippen LogP contribution is -2.25. The smallest absolute Gasteiger partial charge is 0.184 e. The predicted octanol–water partition coefficient (Wildman–Crippen LogP) is 2.28. The van der Waals surface area contributed by atoms with Gasteiger partial charge in [-0.3, -0.25) is 0 Å². The summed E-state index contributed by atoms with van der Waals surface area (Å²) >= 11 is 3.32. The zero-order chi connectivity index (χ0) is 9.90. The molecule has 0 bridgehead atoms. The highest BCUT2D eigenvalue weighted by atomic mass is 32.2. The van der Waals surface area contributed by atoms with Gasteiger partial charge in [0.25, 0.3) is 0 Å². The first-order valence-electron chi connectivity index (χ1n) is 4.04. The molecule has 0 aliphatic heterocycles. The number of nitrogens with zero attached hydrogens (tertiary/aromatic N) is 1.